The van der Waals surface area contributed by atoms with E-state index in [4.69, 9.17) is 9.40 Å². The van der Waals surface area contributed by atoms with E-state index in [1.165, 1.54) is 5.52 Å². The number of furan rings is 1. The van der Waals surface area contributed by atoms with Gasteiger partial charge in [0.2, 0.25) is 0 Å². The van der Waals surface area contributed by atoms with Gasteiger partial charge >= 0.3 is 0 Å². The minimum atomic E-state index is 0.162. The van der Waals surface area contributed by atoms with Crippen LogP contribution in [0.25, 0.3) is 11.0 Å². The summed E-state index contributed by atoms with van der Waals surface area (Å²) in [5.74, 6) is 2.04. The Morgan fingerprint density at radius 3 is 2.81 bits per heavy atom. The van der Waals surface area contributed by atoms with Crippen LogP contribution in [-0.4, -0.2) is 16.1 Å². The van der Waals surface area contributed by atoms with E-state index in [9.17, 15) is 0 Å². The maximum Gasteiger partial charge on any atom is 0.121 e. The van der Waals surface area contributed by atoms with Gasteiger partial charge in [0.1, 0.15) is 11.6 Å². The Morgan fingerprint density at radius 1 is 1.24 bits per heavy atom. The van der Waals surface area contributed by atoms with E-state index < -0.39 is 0 Å². The van der Waals surface area contributed by atoms with Gasteiger partial charge in [0.15, 0.2) is 0 Å². The van der Waals surface area contributed by atoms with E-state index >= 15 is 0 Å². The third kappa shape index (κ3) is 2.85. The van der Waals surface area contributed by atoms with E-state index in [0.29, 0.717) is 0 Å². The number of nitrogens with zero attached hydrogens (tertiary/aromatic N) is 2. The van der Waals surface area contributed by atoms with Gasteiger partial charge in [-0.1, -0.05) is 19.1 Å². The predicted molar refractivity (Wildman–Crippen MR) is 84.2 cm³/mol. The Balaban J connectivity index is 1.88. The first-order valence-corrected chi connectivity index (χ1v) is 7.46. The highest BCUT2D eigenvalue weighted by Crippen LogP contribution is 2.21. The molecule has 0 spiro atoms. The third-order valence-electron chi connectivity index (χ3n) is 3.79. The molecule has 0 saturated heterocycles. The maximum absolute atomic E-state index is 5.58. The number of hydrogen-bond acceptors (Lipinski definition) is 3. The molecule has 1 atom stereocenters. The van der Waals surface area contributed by atoms with Crippen molar-refractivity contribution < 1.29 is 4.42 Å². The van der Waals surface area contributed by atoms with Crippen LogP contribution in [0.15, 0.2) is 47.1 Å². The fraction of sp³-hybridized carbons (Fsp3) is 0.353. The molecule has 0 radical (unpaired) electrons. The van der Waals surface area contributed by atoms with E-state index in [1.807, 2.05) is 24.3 Å². The molecular formula is C17H21N3O. The van der Waals surface area contributed by atoms with Crippen molar-refractivity contribution in [1.29, 1.82) is 0 Å². The number of hydrogen-bond donors (Lipinski definition) is 1. The molecule has 0 amide bonds. The molecule has 1 unspecified atom stereocenters. The summed E-state index contributed by atoms with van der Waals surface area (Å²) in [5, 5.41) is 3.54. The first kappa shape index (κ1) is 13.9. The van der Waals surface area contributed by atoms with Gasteiger partial charge in [-0.15, -0.1) is 0 Å². The van der Waals surface area contributed by atoms with Crippen LogP contribution in [0.5, 0.6) is 0 Å². The van der Waals surface area contributed by atoms with Crippen LogP contribution in [0.3, 0.4) is 0 Å². The minimum absolute atomic E-state index is 0.162. The van der Waals surface area contributed by atoms with Crippen molar-refractivity contribution in [1.82, 2.24) is 14.9 Å². The SMILES string of the molecule is CCCNC(Cc1nc2ccccc2n1C)c1ccco1. The number of aryl methyl sites for hydroxylation is 1. The van der Waals surface area contributed by atoms with Crippen LogP contribution >= 0.6 is 0 Å². The predicted octanol–water partition coefficient (Wildman–Crippen LogP) is 3.45. The van der Waals surface area contributed by atoms with Gasteiger partial charge in [-0.25, -0.2) is 4.98 Å². The molecule has 0 bridgehead atoms. The zero-order valence-electron chi connectivity index (χ0n) is 12.5. The average molecular weight is 283 g/mol. The molecule has 4 heteroatoms. The summed E-state index contributed by atoms with van der Waals surface area (Å²) < 4.78 is 7.74. The van der Waals surface area contributed by atoms with Gasteiger partial charge in [-0.3, -0.25) is 0 Å². The topological polar surface area (TPSA) is 43.0 Å². The smallest absolute Gasteiger partial charge is 0.121 e. The van der Waals surface area contributed by atoms with Crippen molar-refractivity contribution in [2.45, 2.75) is 25.8 Å². The second kappa shape index (κ2) is 6.14. The number of para-hydroxylation sites is 2. The quantitative estimate of drug-likeness (QED) is 0.753. The monoisotopic (exact) mass is 283 g/mol. The zero-order chi connectivity index (χ0) is 14.7. The Morgan fingerprint density at radius 2 is 2.10 bits per heavy atom. The second-order valence-electron chi connectivity index (χ2n) is 5.30. The van der Waals surface area contributed by atoms with Crippen molar-refractivity contribution in [3.05, 3.63) is 54.2 Å². The fourth-order valence-electron chi connectivity index (χ4n) is 2.64. The summed E-state index contributed by atoms with van der Waals surface area (Å²) in [6.45, 7) is 3.14. The molecule has 0 fully saturated rings. The van der Waals surface area contributed by atoms with Gasteiger partial charge in [-0.2, -0.15) is 0 Å². The molecule has 3 rings (SSSR count). The van der Waals surface area contributed by atoms with Gasteiger partial charge < -0.3 is 14.3 Å². The Bertz CT molecular complexity index is 700. The number of fused-ring (bicyclic) bond motifs is 1. The second-order valence-corrected chi connectivity index (χ2v) is 5.30. The molecule has 2 heterocycles. The highest BCUT2D eigenvalue weighted by atomic mass is 16.3. The molecule has 3 aromatic rings. The number of imidazole rings is 1. The lowest BCUT2D eigenvalue weighted by molar-refractivity contribution is 0.404. The summed E-state index contributed by atoms with van der Waals surface area (Å²) in [5.41, 5.74) is 2.21. The molecular weight excluding hydrogens is 262 g/mol. The number of rotatable bonds is 6. The molecule has 0 aliphatic carbocycles. The average Bonchev–Trinajstić information content (AvgIpc) is 3.13. The largest absolute Gasteiger partial charge is 0.468 e. The van der Waals surface area contributed by atoms with Gasteiger partial charge in [-0.05, 0) is 37.2 Å². The zero-order valence-corrected chi connectivity index (χ0v) is 12.5. The Kier molecular flexibility index (Phi) is 4.06. The standard InChI is InChI=1S/C17H21N3O/c1-3-10-18-14(16-9-6-11-21-16)12-17-19-13-7-4-5-8-15(13)20(17)2/h4-9,11,14,18H,3,10,12H2,1-2H3. The van der Waals surface area contributed by atoms with Gasteiger partial charge in [0, 0.05) is 13.5 Å². The first-order valence-electron chi connectivity index (χ1n) is 7.46. The lowest BCUT2D eigenvalue weighted by atomic mass is 10.1. The van der Waals surface area contributed by atoms with Crippen LogP contribution in [0.2, 0.25) is 0 Å². The van der Waals surface area contributed by atoms with Crippen molar-refractivity contribution in [2.75, 3.05) is 6.54 Å². The highest BCUT2D eigenvalue weighted by Gasteiger charge is 2.18. The molecule has 0 aliphatic heterocycles. The van der Waals surface area contributed by atoms with Crippen LogP contribution in [0, 0.1) is 0 Å². The summed E-state index contributed by atoms with van der Waals surface area (Å²) in [7, 11) is 2.07. The molecule has 0 aliphatic rings. The number of benzene rings is 1. The van der Waals surface area contributed by atoms with Crippen molar-refractivity contribution >= 4 is 11.0 Å². The Labute approximate surface area is 124 Å². The van der Waals surface area contributed by atoms with Crippen molar-refractivity contribution in [3.8, 4) is 0 Å². The summed E-state index contributed by atoms with van der Waals surface area (Å²) in [6.07, 6.45) is 3.64. The van der Waals surface area contributed by atoms with Gasteiger partial charge in [0.25, 0.3) is 0 Å². The van der Waals surface area contributed by atoms with Gasteiger partial charge in [0.05, 0.1) is 23.3 Å². The van der Waals surface area contributed by atoms with Crippen LogP contribution in [0.1, 0.15) is 31.0 Å². The van der Waals surface area contributed by atoms with Crippen LogP contribution in [0.4, 0.5) is 0 Å². The molecule has 4 nitrogen and oxygen atoms in total. The molecule has 1 aromatic carbocycles. The van der Waals surface area contributed by atoms with Crippen LogP contribution in [-0.2, 0) is 13.5 Å². The van der Waals surface area contributed by atoms with E-state index in [1.54, 1.807) is 6.26 Å². The summed E-state index contributed by atoms with van der Waals surface area (Å²) >= 11 is 0. The minimum Gasteiger partial charge on any atom is -0.468 e. The normalized spacial score (nSPS) is 12.9. The van der Waals surface area contributed by atoms with Crippen LogP contribution < -0.4 is 5.32 Å². The molecule has 2 aromatic heterocycles. The summed E-state index contributed by atoms with van der Waals surface area (Å²) in [4.78, 5) is 4.75. The Hall–Kier alpha value is -2.07. The molecule has 21 heavy (non-hydrogen) atoms. The summed E-state index contributed by atoms with van der Waals surface area (Å²) in [6, 6.07) is 12.4. The molecule has 110 valence electrons. The fourth-order valence-corrected chi connectivity index (χ4v) is 2.64. The highest BCUT2D eigenvalue weighted by molar-refractivity contribution is 5.75. The maximum atomic E-state index is 5.58. The molecule has 0 saturated carbocycles. The van der Waals surface area contributed by atoms with Crippen molar-refractivity contribution in [2.24, 2.45) is 7.05 Å². The van der Waals surface area contributed by atoms with E-state index in [2.05, 4.69) is 36.0 Å². The lowest BCUT2D eigenvalue weighted by Gasteiger charge is -2.16. The molecule has 1 N–H and O–H groups in total. The third-order valence-corrected chi connectivity index (χ3v) is 3.79. The van der Waals surface area contributed by atoms with E-state index in [-0.39, 0.29) is 6.04 Å². The number of aromatic nitrogens is 2. The first-order chi connectivity index (χ1) is 10.3. The lowest BCUT2D eigenvalue weighted by Crippen LogP contribution is -2.24. The van der Waals surface area contributed by atoms with Crippen molar-refractivity contribution in [3.63, 3.8) is 0 Å². The number of nitrogens with one attached hydrogen (secondary N) is 1. The van der Waals surface area contributed by atoms with E-state index in [0.717, 1.165) is 36.5 Å².